The topological polar surface area (TPSA) is 56.1 Å². The third-order valence-electron chi connectivity index (χ3n) is 2.86. The fourth-order valence-corrected chi connectivity index (χ4v) is 2.11. The lowest BCUT2D eigenvalue weighted by molar-refractivity contribution is 0.131. The molecule has 0 aliphatic rings. The van der Waals surface area contributed by atoms with E-state index < -0.39 is 0 Å². The number of aromatic nitrogens is 2. The predicted molar refractivity (Wildman–Crippen MR) is 85.4 cm³/mol. The summed E-state index contributed by atoms with van der Waals surface area (Å²) >= 11 is 3.34. The van der Waals surface area contributed by atoms with Crippen LogP contribution in [0, 0.1) is 0 Å². The monoisotopic (exact) mass is 345 g/mol. The van der Waals surface area contributed by atoms with E-state index in [9.17, 15) is 4.79 Å². The maximum atomic E-state index is 12.0. The third-order valence-corrected chi connectivity index (χ3v) is 3.62. The summed E-state index contributed by atoms with van der Waals surface area (Å²) in [5, 5.41) is 7.37. The van der Waals surface area contributed by atoms with E-state index in [1.807, 2.05) is 13.8 Å². The number of unbranched alkanes of at least 4 members (excludes halogenated alkanes) is 1. The molecule has 0 saturated carbocycles. The molecule has 0 radical (unpaired) electrons. The number of anilines is 1. The molecule has 114 valence electrons. The van der Waals surface area contributed by atoms with Gasteiger partial charge in [-0.25, -0.2) is 4.68 Å². The van der Waals surface area contributed by atoms with E-state index in [4.69, 9.17) is 4.74 Å². The molecule has 5 nitrogen and oxygen atoms in total. The van der Waals surface area contributed by atoms with Gasteiger partial charge in [0, 0.05) is 19.8 Å². The highest BCUT2D eigenvalue weighted by molar-refractivity contribution is 9.10. The number of hydrogen-bond acceptors (Lipinski definition) is 4. The molecule has 0 fully saturated rings. The van der Waals surface area contributed by atoms with Crippen LogP contribution in [0.15, 0.2) is 15.5 Å². The van der Waals surface area contributed by atoms with Crippen LogP contribution in [0.4, 0.5) is 5.69 Å². The molecule has 0 unspecified atom stereocenters. The smallest absolute Gasteiger partial charge is 0.283 e. The van der Waals surface area contributed by atoms with Gasteiger partial charge in [0.05, 0.1) is 17.9 Å². The Hall–Kier alpha value is -0.880. The average molecular weight is 346 g/mol. The van der Waals surface area contributed by atoms with Gasteiger partial charge < -0.3 is 10.1 Å². The van der Waals surface area contributed by atoms with Crippen molar-refractivity contribution in [3.8, 4) is 0 Å². The van der Waals surface area contributed by atoms with E-state index >= 15 is 0 Å². The normalized spacial score (nSPS) is 11.1. The van der Waals surface area contributed by atoms with Gasteiger partial charge in [-0.2, -0.15) is 5.10 Å². The molecule has 1 aromatic rings. The van der Waals surface area contributed by atoms with Crippen molar-refractivity contribution in [2.75, 3.05) is 25.1 Å². The highest BCUT2D eigenvalue weighted by Gasteiger charge is 2.10. The summed E-state index contributed by atoms with van der Waals surface area (Å²) in [4.78, 5) is 12.0. The first-order chi connectivity index (χ1) is 9.57. The van der Waals surface area contributed by atoms with Crippen molar-refractivity contribution in [3.05, 3.63) is 21.0 Å². The fourth-order valence-electron chi connectivity index (χ4n) is 1.68. The summed E-state index contributed by atoms with van der Waals surface area (Å²) in [7, 11) is 0. The molecule has 0 aromatic carbocycles. The zero-order valence-corrected chi connectivity index (χ0v) is 14.1. The Bertz CT molecular complexity index is 460. The molecule has 0 saturated heterocycles. The van der Waals surface area contributed by atoms with E-state index in [0.29, 0.717) is 4.47 Å². The molecular formula is C14H24BrN3O2. The Labute approximate surface area is 128 Å². The number of halogens is 1. The van der Waals surface area contributed by atoms with Crippen LogP contribution in [-0.2, 0) is 4.74 Å². The van der Waals surface area contributed by atoms with Gasteiger partial charge in [-0.3, -0.25) is 4.79 Å². The van der Waals surface area contributed by atoms with E-state index in [2.05, 4.69) is 33.3 Å². The van der Waals surface area contributed by atoms with Gasteiger partial charge in [-0.05, 0) is 42.6 Å². The Morgan fingerprint density at radius 3 is 2.75 bits per heavy atom. The van der Waals surface area contributed by atoms with Crippen LogP contribution in [0.3, 0.4) is 0 Å². The molecule has 1 heterocycles. The van der Waals surface area contributed by atoms with Crippen LogP contribution >= 0.6 is 15.9 Å². The lowest BCUT2D eigenvalue weighted by Gasteiger charge is -2.12. The summed E-state index contributed by atoms with van der Waals surface area (Å²) in [6.07, 6.45) is 4.85. The number of rotatable bonds is 9. The second-order valence-corrected chi connectivity index (χ2v) is 5.75. The first-order valence-electron chi connectivity index (χ1n) is 7.16. The van der Waals surface area contributed by atoms with E-state index in [-0.39, 0.29) is 11.6 Å². The van der Waals surface area contributed by atoms with E-state index in [1.165, 1.54) is 4.68 Å². The van der Waals surface area contributed by atoms with Crippen molar-refractivity contribution in [1.29, 1.82) is 0 Å². The zero-order chi connectivity index (χ0) is 15.0. The molecule has 1 aromatic heterocycles. The van der Waals surface area contributed by atoms with Crippen molar-refractivity contribution in [3.63, 3.8) is 0 Å². The van der Waals surface area contributed by atoms with Crippen LogP contribution in [0.25, 0.3) is 0 Å². The number of nitrogens with one attached hydrogen (secondary N) is 1. The highest BCUT2D eigenvalue weighted by Crippen LogP contribution is 2.16. The minimum absolute atomic E-state index is 0.0554. The Kier molecular flexibility index (Phi) is 7.84. The summed E-state index contributed by atoms with van der Waals surface area (Å²) in [5.74, 6) is 0. The first-order valence-corrected chi connectivity index (χ1v) is 7.96. The van der Waals surface area contributed by atoms with Crippen molar-refractivity contribution in [1.82, 2.24) is 9.78 Å². The number of ether oxygens (including phenoxy) is 1. The van der Waals surface area contributed by atoms with Crippen molar-refractivity contribution >= 4 is 21.6 Å². The molecule has 0 atom stereocenters. The van der Waals surface area contributed by atoms with Crippen molar-refractivity contribution in [2.45, 2.75) is 46.1 Å². The summed E-state index contributed by atoms with van der Waals surface area (Å²) < 4.78 is 7.48. The van der Waals surface area contributed by atoms with Crippen molar-refractivity contribution in [2.24, 2.45) is 0 Å². The molecule has 0 amide bonds. The standard InChI is InChI=1S/C14H24BrN3O2/c1-4-5-8-20-9-6-7-16-12-10-17-18(11(2)3)14(19)13(12)15/h10-11,16H,4-9H2,1-3H3. The number of nitrogens with zero attached hydrogens (tertiary/aromatic N) is 2. The molecule has 20 heavy (non-hydrogen) atoms. The molecular weight excluding hydrogens is 322 g/mol. The van der Waals surface area contributed by atoms with E-state index in [1.54, 1.807) is 6.20 Å². The summed E-state index contributed by atoms with van der Waals surface area (Å²) in [6, 6.07) is 0.0554. The van der Waals surface area contributed by atoms with Gasteiger partial charge in [0.25, 0.3) is 5.56 Å². The van der Waals surface area contributed by atoms with Crippen LogP contribution in [-0.4, -0.2) is 29.5 Å². The summed E-state index contributed by atoms with van der Waals surface area (Å²) in [6.45, 7) is 8.34. The Morgan fingerprint density at radius 1 is 1.40 bits per heavy atom. The molecule has 0 aliphatic carbocycles. The van der Waals surface area contributed by atoms with Crippen LogP contribution in [0.1, 0.15) is 46.1 Å². The Balaban J connectivity index is 2.42. The molecule has 0 bridgehead atoms. The van der Waals surface area contributed by atoms with Gasteiger partial charge in [0.1, 0.15) is 4.47 Å². The van der Waals surface area contributed by atoms with Crippen molar-refractivity contribution < 1.29 is 4.74 Å². The van der Waals surface area contributed by atoms with Gasteiger partial charge in [-0.1, -0.05) is 13.3 Å². The zero-order valence-electron chi connectivity index (χ0n) is 12.5. The largest absolute Gasteiger partial charge is 0.383 e. The van der Waals surface area contributed by atoms with Crippen LogP contribution in [0.5, 0.6) is 0 Å². The lowest BCUT2D eigenvalue weighted by Crippen LogP contribution is -2.26. The average Bonchev–Trinajstić information content (AvgIpc) is 2.42. The quantitative estimate of drug-likeness (QED) is 0.698. The maximum Gasteiger partial charge on any atom is 0.283 e. The first kappa shape index (κ1) is 17.2. The lowest BCUT2D eigenvalue weighted by atomic mass is 10.3. The molecule has 6 heteroatoms. The van der Waals surface area contributed by atoms with E-state index in [0.717, 1.165) is 44.7 Å². The highest BCUT2D eigenvalue weighted by atomic mass is 79.9. The van der Waals surface area contributed by atoms with Gasteiger partial charge in [-0.15, -0.1) is 0 Å². The fraction of sp³-hybridized carbons (Fsp3) is 0.714. The SMILES string of the molecule is CCCCOCCCNc1cnn(C(C)C)c(=O)c1Br. The molecule has 1 rings (SSSR count). The third kappa shape index (κ3) is 5.25. The molecule has 0 spiro atoms. The van der Waals surface area contributed by atoms with Gasteiger partial charge in [0.2, 0.25) is 0 Å². The molecule has 1 N–H and O–H groups in total. The Morgan fingerprint density at radius 2 is 2.10 bits per heavy atom. The predicted octanol–water partition coefficient (Wildman–Crippen LogP) is 3.21. The maximum absolute atomic E-state index is 12.0. The summed E-state index contributed by atoms with van der Waals surface area (Å²) in [5.41, 5.74) is 0.629. The number of hydrogen-bond donors (Lipinski definition) is 1. The molecule has 0 aliphatic heterocycles. The van der Waals surface area contributed by atoms with Crippen LogP contribution < -0.4 is 10.9 Å². The van der Waals surface area contributed by atoms with Gasteiger partial charge in [0.15, 0.2) is 0 Å². The second-order valence-electron chi connectivity index (χ2n) is 4.96. The second kappa shape index (κ2) is 9.13. The minimum atomic E-state index is -0.107. The minimum Gasteiger partial charge on any atom is -0.383 e. The van der Waals surface area contributed by atoms with Crippen LogP contribution in [0.2, 0.25) is 0 Å². The van der Waals surface area contributed by atoms with Gasteiger partial charge >= 0.3 is 0 Å².